The van der Waals surface area contributed by atoms with E-state index in [0.717, 1.165) is 4.21 Å². The lowest BCUT2D eigenvalue weighted by atomic mass is 10.2. The Hall–Kier alpha value is -0.0431. The molecule has 6 heteroatoms. The van der Waals surface area contributed by atoms with Gasteiger partial charge in [0.05, 0.1) is 18.6 Å². The first-order valence-corrected chi connectivity index (χ1v) is 8.74. The molecule has 1 N–H and O–H groups in total. The molecule has 0 bridgehead atoms. The van der Waals surface area contributed by atoms with Gasteiger partial charge in [-0.05, 0) is 23.6 Å². The molecule has 0 aliphatic heterocycles. The number of hydrogen-bond donors (Lipinski definition) is 2. The Bertz CT molecular complexity index is 374. The van der Waals surface area contributed by atoms with E-state index in [4.69, 9.17) is 0 Å². The third-order valence-corrected chi connectivity index (χ3v) is 7.22. The number of thiol groups is 1. The second-order valence-electron chi connectivity index (χ2n) is 3.15. The van der Waals surface area contributed by atoms with Crippen molar-refractivity contribution in [2.24, 2.45) is 0 Å². The molecule has 3 nitrogen and oxygen atoms in total. The van der Waals surface area contributed by atoms with Gasteiger partial charge in [-0.1, -0.05) is 6.55 Å². The summed E-state index contributed by atoms with van der Waals surface area (Å²) in [5.74, 6) is 0. The molecule has 0 aliphatic carbocycles. The first kappa shape index (κ1) is 11.0. The first-order valence-electron chi connectivity index (χ1n) is 3.89. The van der Waals surface area contributed by atoms with Crippen molar-refractivity contribution in [1.82, 2.24) is 4.98 Å². The highest BCUT2D eigenvalue weighted by molar-refractivity contribution is 7.91. The first-order chi connectivity index (χ1) is 5.95. The lowest BCUT2D eigenvalue weighted by Gasteiger charge is -2.11. The molecule has 0 aromatic carbocycles. The maximum absolute atomic E-state index is 11.4. The molecule has 0 saturated carbocycles. The molecule has 0 amide bonds. The summed E-state index contributed by atoms with van der Waals surface area (Å²) in [6.45, 7) is 5.32. The molecule has 74 valence electrons. The van der Waals surface area contributed by atoms with E-state index in [-0.39, 0.29) is 8.23 Å². The highest BCUT2D eigenvalue weighted by Crippen LogP contribution is 2.25. The zero-order valence-corrected chi connectivity index (χ0v) is 10.7. The summed E-state index contributed by atoms with van der Waals surface area (Å²) in [4.78, 5) is 4.05. The Morgan fingerprint density at radius 2 is 2.31 bits per heavy atom. The smallest absolute Gasteiger partial charge is 0.125 e. The molecule has 13 heavy (non-hydrogen) atoms. The van der Waals surface area contributed by atoms with Gasteiger partial charge in [0, 0.05) is 0 Å². The third-order valence-electron chi connectivity index (χ3n) is 1.47. The van der Waals surface area contributed by atoms with Gasteiger partial charge in [0.2, 0.25) is 0 Å². The van der Waals surface area contributed by atoms with Crippen LogP contribution in [0, 0.1) is 0 Å². The van der Waals surface area contributed by atoms with Gasteiger partial charge >= 0.3 is 0 Å². The average molecular weight is 235 g/mol. The normalized spacial score (nSPS) is 14.8. The molecule has 0 saturated heterocycles. The zero-order valence-electron chi connectivity index (χ0n) is 7.81. The Morgan fingerprint density at radius 1 is 1.69 bits per heavy atom. The number of hydrogen-bond acceptors (Lipinski definition) is 4. The molecule has 1 unspecified atom stereocenters. The minimum absolute atomic E-state index is 0.0443. The molecule has 1 aromatic heterocycles. The van der Waals surface area contributed by atoms with Crippen LogP contribution in [0.4, 0.5) is 0 Å². The second-order valence-corrected chi connectivity index (χ2v) is 9.09. The lowest BCUT2D eigenvalue weighted by Crippen LogP contribution is -2.14. The van der Waals surface area contributed by atoms with Crippen LogP contribution in [0.2, 0.25) is 6.55 Å². The predicted octanol–water partition coefficient (Wildman–Crippen LogP) is 0.610. The molecular weight excluding hydrogens is 222 g/mol. The minimum atomic E-state index is -1.22. The maximum atomic E-state index is 11.4. The number of rotatable bonds is 2. The van der Waals surface area contributed by atoms with Crippen molar-refractivity contribution in [2.45, 2.75) is 30.2 Å². The fourth-order valence-corrected chi connectivity index (χ4v) is 4.87. The van der Waals surface area contributed by atoms with Crippen LogP contribution in [0.1, 0.15) is 18.9 Å². The SMILES string of the molecule is C/[SiH]=[SH](=O)\c1cnc(C(C)(C)O)s1. The van der Waals surface area contributed by atoms with E-state index in [1.54, 1.807) is 20.0 Å². The van der Waals surface area contributed by atoms with E-state index in [1.807, 2.05) is 6.55 Å². The number of aromatic nitrogens is 1. The standard InChI is InChI=1S/C7H13NO2S2Si/c1-7(2,9)6-8-4-5(11-6)12(10)13-3/h4,9,12-13H,1-3H3. The van der Waals surface area contributed by atoms with Gasteiger partial charge in [-0.25, -0.2) is 4.98 Å². The molecule has 1 atom stereocenters. The van der Waals surface area contributed by atoms with E-state index >= 15 is 0 Å². The summed E-state index contributed by atoms with van der Waals surface area (Å²) in [7, 11) is -1.27. The highest BCUT2D eigenvalue weighted by atomic mass is 32.3. The Balaban J connectivity index is 3.08. The average Bonchev–Trinajstić information content (AvgIpc) is 2.50. The van der Waals surface area contributed by atoms with Crippen molar-refractivity contribution in [1.29, 1.82) is 0 Å². The van der Waals surface area contributed by atoms with Crippen LogP contribution in [0.25, 0.3) is 0 Å². The molecular formula is C7H13NO2S2Si. The summed E-state index contributed by atoms with van der Waals surface area (Å²) >= 11 is 1.35. The highest BCUT2D eigenvalue weighted by Gasteiger charge is 2.20. The largest absolute Gasteiger partial charge is 0.383 e. The summed E-state index contributed by atoms with van der Waals surface area (Å²) in [5.41, 5.74) is -0.915. The lowest BCUT2D eigenvalue weighted by molar-refractivity contribution is 0.0783. The Morgan fingerprint density at radius 3 is 2.69 bits per heavy atom. The summed E-state index contributed by atoms with van der Waals surface area (Å²) in [6, 6.07) is 0. The van der Waals surface area contributed by atoms with E-state index in [2.05, 4.69) is 4.98 Å². The van der Waals surface area contributed by atoms with Gasteiger partial charge in [0.1, 0.15) is 10.6 Å². The van der Waals surface area contributed by atoms with Crippen molar-refractivity contribution in [3.05, 3.63) is 11.2 Å². The van der Waals surface area contributed by atoms with Crippen LogP contribution < -0.4 is 0 Å². The number of nitrogens with zero attached hydrogens (tertiary/aromatic N) is 1. The van der Waals surface area contributed by atoms with Crippen molar-refractivity contribution in [3.63, 3.8) is 0 Å². The Labute approximate surface area is 85.2 Å². The topological polar surface area (TPSA) is 50.2 Å². The maximum Gasteiger partial charge on any atom is 0.125 e. The summed E-state index contributed by atoms with van der Waals surface area (Å²) in [5, 5.41) is 10.3. The van der Waals surface area contributed by atoms with Gasteiger partial charge in [0.15, 0.2) is 0 Å². The van der Waals surface area contributed by atoms with Crippen molar-refractivity contribution < 1.29 is 9.32 Å². The predicted molar refractivity (Wildman–Crippen MR) is 58.2 cm³/mol. The molecule has 0 aliphatic rings. The molecule has 0 radical (unpaired) electrons. The number of aliphatic hydroxyl groups is 1. The van der Waals surface area contributed by atoms with E-state index in [0.29, 0.717) is 5.01 Å². The number of thiazole rings is 1. The van der Waals surface area contributed by atoms with Crippen molar-refractivity contribution in [3.8, 4) is 0 Å². The fraction of sp³-hybridized carbons (Fsp3) is 0.571. The molecule has 0 spiro atoms. The molecule has 1 aromatic rings. The fourth-order valence-electron chi connectivity index (χ4n) is 0.778. The second kappa shape index (κ2) is 3.99. The zero-order chi connectivity index (χ0) is 10.1. The molecule has 0 fully saturated rings. The van der Waals surface area contributed by atoms with Crippen LogP contribution in [-0.4, -0.2) is 22.5 Å². The quantitative estimate of drug-likeness (QED) is 0.583. The molecule has 1 heterocycles. The van der Waals surface area contributed by atoms with E-state index in [1.165, 1.54) is 11.3 Å². The van der Waals surface area contributed by atoms with Crippen LogP contribution in [0.3, 0.4) is 0 Å². The van der Waals surface area contributed by atoms with Gasteiger partial charge in [-0.15, -0.1) is 11.3 Å². The van der Waals surface area contributed by atoms with Gasteiger partial charge in [0.25, 0.3) is 0 Å². The Kier molecular flexibility index (Phi) is 3.39. The van der Waals surface area contributed by atoms with Crippen LogP contribution in [-0.2, 0) is 15.4 Å². The van der Waals surface area contributed by atoms with Crippen LogP contribution in [0.5, 0.6) is 0 Å². The summed E-state index contributed by atoms with van der Waals surface area (Å²) in [6.07, 6.45) is 1.62. The molecule has 1 rings (SSSR count). The van der Waals surface area contributed by atoms with Gasteiger partial charge < -0.3 is 5.11 Å². The van der Waals surface area contributed by atoms with Gasteiger partial charge in [-0.3, -0.25) is 4.21 Å². The van der Waals surface area contributed by atoms with E-state index < -0.39 is 15.4 Å². The van der Waals surface area contributed by atoms with Gasteiger partial charge in [-0.2, -0.15) is 0 Å². The minimum Gasteiger partial charge on any atom is -0.383 e. The summed E-state index contributed by atoms with van der Waals surface area (Å²) < 4.78 is 12.2. The van der Waals surface area contributed by atoms with E-state index in [9.17, 15) is 9.32 Å². The van der Waals surface area contributed by atoms with Crippen LogP contribution in [0.15, 0.2) is 10.4 Å². The van der Waals surface area contributed by atoms with Crippen molar-refractivity contribution >= 4 is 29.4 Å². The van der Waals surface area contributed by atoms with Crippen LogP contribution >= 0.6 is 11.3 Å². The van der Waals surface area contributed by atoms with Crippen molar-refractivity contribution in [2.75, 3.05) is 0 Å². The monoisotopic (exact) mass is 235 g/mol. The third kappa shape index (κ3) is 2.70.